The van der Waals surface area contributed by atoms with E-state index in [1.807, 2.05) is 6.92 Å². The van der Waals surface area contributed by atoms with Crippen LogP contribution in [0, 0.1) is 11.8 Å². The van der Waals surface area contributed by atoms with Crippen LogP contribution in [0.5, 0.6) is 0 Å². The molecule has 0 aliphatic rings. The predicted octanol–water partition coefficient (Wildman–Crippen LogP) is 3.20. The summed E-state index contributed by atoms with van der Waals surface area (Å²) in [6.45, 7) is 8.48. The van der Waals surface area contributed by atoms with Crippen molar-refractivity contribution in [3.05, 3.63) is 11.6 Å². The van der Waals surface area contributed by atoms with Gasteiger partial charge in [-0.05, 0) is 30.8 Å². The van der Waals surface area contributed by atoms with Gasteiger partial charge in [0.05, 0.1) is 0 Å². The lowest BCUT2D eigenvalue weighted by Gasteiger charge is -2.12. The summed E-state index contributed by atoms with van der Waals surface area (Å²) in [5.74, 6) is 1.29. The summed E-state index contributed by atoms with van der Waals surface area (Å²) >= 11 is 0. The van der Waals surface area contributed by atoms with E-state index in [0.717, 1.165) is 17.8 Å². The van der Waals surface area contributed by atoms with Crippen molar-refractivity contribution in [1.82, 2.24) is 0 Å². The van der Waals surface area contributed by atoms with Gasteiger partial charge in [-0.2, -0.15) is 0 Å². The van der Waals surface area contributed by atoms with Crippen molar-refractivity contribution >= 4 is 6.29 Å². The van der Waals surface area contributed by atoms with E-state index in [4.69, 9.17) is 0 Å². The highest BCUT2D eigenvalue weighted by Gasteiger charge is 2.04. The van der Waals surface area contributed by atoms with Crippen molar-refractivity contribution in [1.29, 1.82) is 0 Å². The highest BCUT2D eigenvalue weighted by molar-refractivity contribution is 5.72. The molecule has 0 aromatic rings. The zero-order chi connectivity index (χ0) is 9.56. The van der Waals surface area contributed by atoms with E-state index in [1.54, 1.807) is 0 Å². The number of carbonyl (C=O) groups excluding carboxylic acids is 1. The van der Waals surface area contributed by atoms with Gasteiger partial charge < -0.3 is 0 Å². The zero-order valence-electron chi connectivity index (χ0n) is 8.63. The number of allylic oxidation sites excluding steroid dienone is 2. The van der Waals surface area contributed by atoms with Gasteiger partial charge in [0.15, 0.2) is 0 Å². The van der Waals surface area contributed by atoms with Crippen LogP contribution in [-0.2, 0) is 4.79 Å². The third kappa shape index (κ3) is 5.11. The van der Waals surface area contributed by atoms with Crippen molar-refractivity contribution < 1.29 is 4.79 Å². The van der Waals surface area contributed by atoms with Gasteiger partial charge in [-0.3, -0.25) is 4.79 Å². The molecule has 0 fully saturated rings. The molecule has 0 rings (SSSR count). The lowest BCUT2D eigenvalue weighted by atomic mass is 9.94. The molecule has 1 nitrogen and oxygen atoms in total. The van der Waals surface area contributed by atoms with Crippen LogP contribution in [0.2, 0.25) is 0 Å². The van der Waals surface area contributed by atoms with E-state index in [9.17, 15) is 4.79 Å². The normalized spacial score (nSPS) is 17.2. The molecule has 0 saturated carbocycles. The van der Waals surface area contributed by atoms with Crippen molar-refractivity contribution in [3.8, 4) is 0 Å². The maximum atomic E-state index is 10.3. The molecule has 0 saturated heterocycles. The number of aldehydes is 1. The number of carbonyl (C=O) groups is 1. The molecule has 0 aliphatic carbocycles. The Kier molecular flexibility index (Phi) is 5.69. The first-order valence-electron chi connectivity index (χ1n) is 4.73. The van der Waals surface area contributed by atoms with Crippen LogP contribution in [0.25, 0.3) is 0 Å². The largest absolute Gasteiger partial charge is 0.298 e. The summed E-state index contributed by atoms with van der Waals surface area (Å²) in [5.41, 5.74) is 0.853. The third-order valence-electron chi connectivity index (χ3n) is 2.20. The van der Waals surface area contributed by atoms with Gasteiger partial charge in [0.2, 0.25) is 0 Å². The van der Waals surface area contributed by atoms with Gasteiger partial charge in [0, 0.05) is 0 Å². The van der Waals surface area contributed by atoms with Gasteiger partial charge in [-0.25, -0.2) is 0 Å². The molecule has 2 unspecified atom stereocenters. The Morgan fingerprint density at radius 3 is 2.42 bits per heavy atom. The second-order valence-corrected chi connectivity index (χ2v) is 3.75. The van der Waals surface area contributed by atoms with E-state index in [0.29, 0.717) is 5.92 Å². The summed E-state index contributed by atoms with van der Waals surface area (Å²) in [6, 6.07) is 0. The second kappa shape index (κ2) is 5.99. The Balaban J connectivity index is 3.87. The van der Waals surface area contributed by atoms with Crippen LogP contribution >= 0.6 is 0 Å². The lowest BCUT2D eigenvalue weighted by Crippen LogP contribution is -2.00. The first kappa shape index (κ1) is 11.4. The average Bonchev–Trinajstić information content (AvgIpc) is 2.03. The Labute approximate surface area is 75.9 Å². The molecule has 2 atom stereocenters. The van der Waals surface area contributed by atoms with E-state index >= 15 is 0 Å². The number of hydrogen-bond donors (Lipinski definition) is 0. The number of hydrogen-bond acceptors (Lipinski definition) is 1. The Morgan fingerprint density at radius 1 is 1.42 bits per heavy atom. The van der Waals surface area contributed by atoms with E-state index < -0.39 is 0 Å². The molecule has 0 aromatic carbocycles. The number of rotatable bonds is 5. The van der Waals surface area contributed by atoms with Crippen molar-refractivity contribution in [2.45, 2.75) is 40.5 Å². The maximum absolute atomic E-state index is 10.3. The lowest BCUT2D eigenvalue weighted by molar-refractivity contribution is -0.104. The Morgan fingerprint density at radius 2 is 2.00 bits per heavy atom. The Bertz CT molecular complexity index is 158. The highest BCUT2D eigenvalue weighted by atomic mass is 16.1. The summed E-state index contributed by atoms with van der Waals surface area (Å²) in [5, 5.41) is 0. The fourth-order valence-corrected chi connectivity index (χ4v) is 1.36. The van der Waals surface area contributed by atoms with Crippen LogP contribution in [0.4, 0.5) is 0 Å². The standard InChI is InChI=1S/C11H20O/c1-5-9(2)6-10(3)7-11(4)8-12/h7-10H,5-6H2,1-4H3/b11-7+. The first-order valence-corrected chi connectivity index (χ1v) is 4.73. The average molecular weight is 168 g/mol. The summed E-state index contributed by atoms with van der Waals surface area (Å²) in [7, 11) is 0. The van der Waals surface area contributed by atoms with Crippen LogP contribution in [0.15, 0.2) is 11.6 Å². The van der Waals surface area contributed by atoms with Gasteiger partial charge in [-0.1, -0.05) is 33.3 Å². The monoisotopic (exact) mass is 168 g/mol. The van der Waals surface area contributed by atoms with E-state index in [2.05, 4.69) is 26.8 Å². The molecule has 0 aliphatic heterocycles. The fourth-order valence-electron chi connectivity index (χ4n) is 1.36. The smallest absolute Gasteiger partial charge is 0.145 e. The third-order valence-corrected chi connectivity index (χ3v) is 2.20. The highest BCUT2D eigenvalue weighted by Crippen LogP contribution is 2.16. The minimum absolute atomic E-state index is 0.533. The molecule has 0 aromatic heterocycles. The maximum Gasteiger partial charge on any atom is 0.145 e. The van der Waals surface area contributed by atoms with Crippen LogP contribution < -0.4 is 0 Å². The molecular formula is C11H20O. The first-order chi connectivity index (χ1) is 5.60. The van der Waals surface area contributed by atoms with Crippen LogP contribution in [-0.4, -0.2) is 6.29 Å². The van der Waals surface area contributed by atoms with E-state index in [1.165, 1.54) is 12.8 Å². The zero-order valence-corrected chi connectivity index (χ0v) is 8.63. The quantitative estimate of drug-likeness (QED) is 0.455. The van der Waals surface area contributed by atoms with Crippen molar-refractivity contribution in [2.24, 2.45) is 11.8 Å². The fraction of sp³-hybridized carbons (Fsp3) is 0.727. The molecule has 12 heavy (non-hydrogen) atoms. The van der Waals surface area contributed by atoms with Gasteiger partial charge in [-0.15, -0.1) is 0 Å². The van der Waals surface area contributed by atoms with Crippen LogP contribution in [0.3, 0.4) is 0 Å². The molecule has 0 heterocycles. The molecular weight excluding hydrogens is 148 g/mol. The second-order valence-electron chi connectivity index (χ2n) is 3.75. The minimum atomic E-state index is 0.533. The van der Waals surface area contributed by atoms with Gasteiger partial charge in [0.1, 0.15) is 6.29 Å². The molecule has 70 valence electrons. The van der Waals surface area contributed by atoms with Gasteiger partial charge in [0.25, 0.3) is 0 Å². The molecule has 0 spiro atoms. The minimum Gasteiger partial charge on any atom is -0.298 e. The van der Waals surface area contributed by atoms with Crippen molar-refractivity contribution in [2.75, 3.05) is 0 Å². The summed E-state index contributed by atoms with van der Waals surface area (Å²) < 4.78 is 0. The molecule has 1 heteroatoms. The summed E-state index contributed by atoms with van der Waals surface area (Å²) in [4.78, 5) is 10.3. The SMILES string of the molecule is CCC(C)CC(C)/C=C(\C)C=O. The topological polar surface area (TPSA) is 17.1 Å². The predicted molar refractivity (Wildman–Crippen MR) is 53.1 cm³/mol. The Hall–Kier alpha value is -0.590. The van der Waals surface area contributed by atoms with Crippen LogP contribution in [0.1, 0.15) is 40.5 Å². The van der Waals surface area contributed by atoms with Gasteiger partial charge >= 0.3 is 0 Å². The van der Waals surface area contributed by atoms with Crippen molar-refractivity contribution in [3.63, 3.8) is 0 Å². The molecule has 0 N–H and O–H groups in total. The molecule has 0 bridgehead atoms. The van der Waals surface area contributed by atoms with E-state index in [-0.39, 0.29) is 0 Å². The summed E-state index contributed by atoms with van der Waals surface area (Å²) in [6.07, 6.45) is 5.38. The molecule has 0 amide bonds. The molecule has 0 radical (unpaired) electrons.